The molecule has 0 saturated carbocycles. The lowest BCUT2D eigenvalue weighted by molar-refractivity contribution is -0.137. The van der Waals surface area contributed by atoms with Crippen LogP contribution in [0.25, 0.3) is 21.6 Å². The van der Waals surface area contributed by atoms with E-state index >= 15 is 0 Å². The van der Waals surface area contributed by atoms with Crippen molar-refractivity contribution >= 4 is 33.5 Å². The first-order valence-corrected chi connectivity index (χ1v) is 10.0. The Morgan fingerprint density at radius 3 is 2.65 bits per heavy atom. The number of benzene rings is 2. The number of imidazole rings is 1. The Labute approximate surface area is 179 Å². The number of nitrogens with zero attached hydrogens (tertiary/aromatic N) is 3. The molecule has 0 spiro atoms. The van der Waals surface area contributed by atoms with Crippen LogP contribution in [0.4, 0.5) is 23.0 Å². The summed E-state index contributed by atoms with van der Waals surface area (Å²) in [5.74, 6) is 0. The van der Waals surface area contributed by atoms with Crippen LogP contribution in [0.15, 0.2) is 48.8 Å². The number of aromatic nitrogens is 3. The molecule has 0 bridgehead atoms. The number of anilines is 1. The van der Waals surface area contributed by atoms with E-state index in [1.807, 2.05) is 29.8 Å². The highest BCUT2D eigenvalue weighted by atomic mass is 32.1. The fourth-order valence-corrected chi connectivity index (χ4v) is 3.94. The molecule has 0 atom stereocenters. The predicted molar refractivity (Wildman–Crippen MR) is 112 cm³/mol. The molecule has 0 radical (unpaired) electrons. The first kappa shape index (κ1) is 20.9. The molecule has 10 heteroatoms. The van der Waals surface area contributed by atoms with Crippen LogP contribution < -0.4 is 5.32 Å². The largest absolute Gasteiger partial charge is 0.444 e. The summed E-state index contributed by atoms with van der Waals surface area (Å²) >= 11 is 1.16. The number of hydrogen-bond acceptors (Lipinski definition) is 5. The minimum Gasteiger partial charge on any atom is -0.444 e. The number of fused-ring (bicyclic) bond motifs is 1. The summed E-state index contributed by atoms with van der Waals surface area (Å²) in [6.45, 7) is 1.77. The fourth-order valence-electron chi connectivity index (χ4n) is 2.99. The van der Waals surface area contributed by atoms with Crippen molar-refractivity contribution in [2.24, 2.45) is 7.05 Å². The number of carbonyl (C=O) groups is 1. The number of alkyl halides is 3. The van der Waals surface area contributed by atoms with Crippen molar-refractivity contribution in [3.63, 3.8) is 0 Å². The molecular weight excluding hydrogens is 429 g/mol. The number of aryl methyl sites for hydroxylation is 2. The van der Waals surface area contributed by atoms with Crippen LogP contribution in [0.5, 0.6) is 0 Å². The second-order valence-electron chi connectivity index (χ2n) is 6.89. The Kier molecular flexibility index (Phi) is 5.40. The van der Waals surface area contributed by atoms with Crippen LogP contribution in [0.2, 0.25) is 0 Å². The van der Waals surface area contributed by atoms with Crippen LogP contribution in [-0.4, -0.2) is 20.6 Å². The van der Waals surface area contributed by atoms with Crippen LogP contribution in [0.1, 0.15) is 16.8 Å². The molecule has 0 aliphatic rings. The quantitative estimate of drug-likeness (QED) is 0.432. The summed E-state index contributed by atoms with van der Waals surface area (Å²) < 4.78 is 45.4. The summed E-state index contributed by atoms with van der Waals surface area (Å²) in [5, 5.41) is 3.62. The van der Waals surface area contributed by atoms with Gasteiger partial charge < -0.3 is 9.30 Å². The van der Waals surface area contributed by atoms with Gasteiger partial charge in [0.1, 0.15) is 16.6 Å². The van der Waals surface area contributed by atoms with E-state index < -0.39 is 17.8 Å². The highest BCUT2D eigenvalue weighted by Crippen LogP contribution is 2.34. The number of thiazole rings is 1. The molecule has 160 valence electrons. The number of carbonyl (C=O) groups excluding carboxylic acids is 1. The molecule has 0 saturated heterocycles. The van der Waals surface area contributed by atoms with Gasteiger partial charge in [0.15, 0.2) is 0 Å². The maximum Gasteiger partial charge on any atom is 0.416 e. The zero-order chi connectivity index (χ0) is 22.2. The summed E-state index contributed by atoms with van der Waals surface area (Å²) in [6.07, 6.45) is -3.33. The second kappa shape index (κ2) is 8.03. The van der Waals surface area contributed by atoms with Gasteiger partial charge in [0.05, 0.1) is 28.6 Å². The number of rotatable bonds is 4. The van der Waals surface area contributed by atoms with Crippen molar-refractivity contribution in [1.82, 2.24) is 14.5 Å². The van der Waals surface area contributed by atoms with Crippen molar-refractivity contribution in [3.05, 3.63) is 65.6 Å². The fraction of sp³-hybridized carbons (Fsp3) is 0.190. The predicted octanol–water partition coefficient (Wildman–Crippen LogP) is 5.77. The van der Waals surface area contributed by atoms with Gasteiger partial charge >= 0.3 is 12.3 Å². The molecule has 0 aliphatic carbocycles. The van der Waals surface area contributed by atoms with Crippen LogP contribution in [0.3, 0.4) is 0 Å². The Morgan fingerprint density at radius 1 is 1.19 bits per heavy atom. The molecule has 6 nitrogen and oxygen atoms in total. The molecule has 1 amide bonds. The topological polar surface area (TPSA) is 69.0 Å². The van der Waals surface area contributed by atoms with E-state index in [0.29, 0.717) is 21.3 Å². The highest BCUT2D eigenvalue weighted by molar-refractivity contribution is 7.19. The van der Waals surface area contributed by atoms with Gasteiger partial charge in [0.2, 0.25) is 0 Å². The van der Waals surface area contributed by atoms with Gasteiger partial charge in [0.25, 0.3) is 0 Å². The number of halogens is 3. The number of ether oxygens (including phenoxy) is 1. The highest BCUT2D eigenvalue weighted by Gasteiger charge is 2.30. The van der Waals surface area contributed by atoms with E-state index in [2.05, 4.69) is 15.3 Å². The Bertz CT molecular complexity index is 1250. The normalized spacial score (nSPS) is 11.6. The molecule has 0 fully saturated rings. The minimum absolute atomic E-state index is 0.0714. The van der Waals surface area contributed by atoms with Crippen LogP contribution in [-0.2, 0) is 24.6 Å². The average Bonchev–Trinajstić information content (AvgIpc) is 3.28. The second-order valence-corrected chi connectivity index (χ2v) is 7.89. The van der Waals surface area contributed by atoms with Crippen molar-refractivity contribution in [2.75, 3.05) is 5.32 Å². The average molecular weight is 446 g/mol. The van der Waals surface area contributed by atoms with E-state index in [9.17, 15) is 18.0 Å². The third-order valence-corrected chi connectivity index (χ3v) is 5.75. The molecular formula is C21H17F3N4O2S. The van der Waals surface area contributed by atoms with Gasteiger partial charge in [-0.2, -0.15) is 13.2 Å². The number of nitrogens with one attached hydrogen (secondary N) is 1. The Hall–Kier alpha value is -3.40. The lowest BCUT2D eigenvalue weighted by Gasteiger charge is -2.06. The number of amides is 1. The molecule has 4 rings (SSSR count). The van der Waals surface area contributed by atoms with Gasteiger partial charge in [0, 0.05) is 12.6 Å². The third kappa shape index (κ3) is 4.53. The van der Waals surface area contributed by atoms with E-state index in [1.54, 1.807) is 13.3 Å². The molecule has 0 aliphatic heterocycles. The standard InChI is InChI=1S/C21H17F3N4O2S/c1-12-18(31-19(26-12)14-4-6-15(7-5-14)21(22,23)24)27-20(29)30-10-13-3-8-17-16(9-13)25-11-28(17)2/h3-9,11H,10H2,1-2H3,(H,27,29). The molecule has 2 aromatic heterocycles. The molecule has 2 heterocycles. The monoisotopic (exact) mass is 446 g/mol. The van der Waals surface area contributed by atoms with Crippen molar-refractivity contribution in [1.29, 1.82) is 0 Å². The molecule has 2 aromatic carbocycles. The molecule has 1 N–H and O–H groups in total. The lowest BCUT2D eigenvalue weighted by Crippen LogP contribution is -2.13. The first-order valence-electron chi connectivity index (χ1n) is 9.19. The smallest absolute Gasteiger partial charge is 0.416 e. The minimum atomic E-state index is -4.39. The van der Waals surface area contributed by atoms with Gasteiger partial charge in [-0.05, 0) is 36.8 Å². The van der Waals surface area contributed by atoms with Gasteiger partial charge in [-0.3, -0.25) is 5.32 Å². The van der Waals surface area contributed by atoms with Crippen molar-refractivity contribution in [2.45, 2.75) is 19.7 Å². The molecule has 0 unspecified atom stereocenters. The SMILES string of the molecule is Cc1nc(-c2ccc(C(F)(F)F)cc2)sc1NC(=O)OCc1ccc2c(c1)ncn2C. The first-order chi connectivity index (χ1) is 14.7. The maximum absolute atomic E-state index is 12.7. The summed E-state index contributed by atoms with van der Waals surface area (Å²) in [5.41, 5.74) is 2.94. The van der Waals surface area contributed by atoms with Crippen LogP contribution >= 0.6 is 11.3 Å². The maximum atomic E-state index is 12.7. The third-order valence-electron chi connectivity index (χ3n) is 4.63. The molecule has 31 heavy (non-hydrogen) atoms. The van der Waals surface area contributed by atoms with E-state index in [1.165, 1.54) is 12.1 Å². The summed E-state index contributed by atoms with van der Waals surface area (Å²) in [6, 6.07) is 10.3. The zero-order valence-electron chi connectivity index (χ0n) is 16.5. The Morgan fingerprint density at radius 2 is 1.94 bits per heavy atom. The van der Waals surface area contributed by atoms with Crippen molar-refractivity contribution in [3.8, 4) is 10.6 Å². The van der Waals surface area contributed by atoms with E-state index in [0.717, 1.165) is 40.1 Å². The van der Waals surface area contributed by atoms with E-state index in [4.69, 9.17) is 4.74 Å². The van der Waals surface area contributed by atoms with Gasteiger partial charge in [-0.15, -0.1) is 0 Å². The summed E-state index contributed by atoms with van der Waals surface area (Å²) in [7, 11) is 1.90. The zero-order valence-corrected chi connectivity index (χ0v) is 17.3. The summed E-state index contributed by atoms with van der Waals surface area (Å²) in [4.78, 5) is 20.8. The van der Waals surface area contributed by atoms with Crippen LogP contribution in [0, 0.1) is 6.92 Å². The van der Waals surface area contributed by atoms with E-state index in [-0.39, 0.29) is 6.61 Å². The Balaban J connectivity index is 1.40. The van der Waals surface area contributed by atoms with Gasteiger partial charge in [-0.1, -0.05) is 29.5 Å². The van der Waals surface area contributed by atoms with Gasteiger partial charge in [-0.25, -0.2) is 14.8 Å². The lowest BCUT2D eigenvalue weighted by atomic mass is 10.1. The van der Waals surface area contributed by atoms with Crippen molar-refractivity contribution < 1.29 is 22.7 Å². The number of hydrogen-bond donors (Lipinski definition) is 1. The molecule has 4 aromatic rings.